The zero-order chi connectivity index (χ0) is 14.5. The predicted molar refractivity (Wildman–Crippen MR) is 86.7 cm³/mol. The minimum Gasteiger partial charge on any atom is -0.494 e. The van der Waals surface area contributed by atoms with Gasteiger partial charge in [-0.1, -0.05) is 18.2 Å². The number of aromatic nitrogens is 1. The van der Waals surface area contributed by atoms with Crippen molar-refractivity contribution in [3.63, 3.8) is 0 Å². The minimum absolute atomic E-state index is 0.690. The fourth-order valence-electron chi connectivity index (χ4n) is 2.34. The van der Waals surface area contributed by atoms with Gasteiger partial charge >= 0.3 is 0 Å². The molecule has 0 atom stereocenters. The summed E-state index contributed by atoms with van der Waals surface area (Å²) in [6.45, 7) is 3.45. The number of pyridine rings is 1. The molecule has 0 aliphatic heterocycles. The standard InChI is InChI=1S/C18H18N2O/c1-2-21-16-9-7-15(8-10-16)20-13-14-11-12-19-18-6-4-3-5-17(14)18/h3-12,20H,2,13H2,1H3. The molecule has 1 heterocycles. The molecule has 0 unspecified atom stereocenters. The highest BCUT2D eigenvalue weighted by molar-refractivity contribution is 5.82. The largest absolute Gasteiger partial charge is 0.494 e. The van der Waals surface area contributed by atoms with Crippen molar-refractivity contribution in [2.24, 2.45) is 0 Å². The van der Waals surface area contributed by atoms with E-state index in [1.807, 2.05) is 55.6 Å². The smallest absolute Gasteiger partial charge is 0.119 e. The molecule has 0 bridgehead atoms. The zero-order valence-corrected chi connectivity index (χ0v) is 12.0. The third kappa shape index (κ3) is 3.14. The lowest BCUT2D eigenvalue weighted by Gasteiger charge is -2.10. The van der Waals surface area contributed by atoms with Gasteiger partial charge in [0.2, 0.25) is 0 Å². The lowest BCUT2D eigenvalue weighted by Crippen LogP contribution is -2.00. The first-order valence-corrected chi connectivity index (χ1v) is 7.16. The average molecular weight is 278 g/mol. The Balaban J connectivity index is 1.74. The van der Waals surface area contributed by atoms with Gasteiger partial charge in [0.1, 0.15) is 5.75 Å². The Bertz CT molecular complexity index is 717. The topological polar surface area (TPSA) is 34.1 Å². The molecule has 0 fully saturated rings. The van der Waals surface area contributed by atoms with Gasteiger partial charge in [0.25, 0.3) is 0 Å². The molecule has 1 N–H and O–H groups in total. The maximum absolute atomic E-state index is 5.45. The Morgan fingerprint density at radius 1 is 1.00 bits per heavy atom. The number of hydrogen-bond acceptors (Lipinski definition) is 3. The summed E-state index contributed by atoms with van der Waals surface area (Å²) in [5, 5.41) is 4.63. The molecule has 0 radical (unpaired) electrons. The number of fused-ring (bicyclic) bond motifs is 1. The first-order chi connectivity index (χ1) is 10.4. The minimum atomic E-state index is 0.690. The van der Waals surface area contributed by atoms with E-state index in [9.17, 15) is 0 Å². The molecule has 0 aliphatic carbocycles. The summed E-state index contributed by atoms with van der Waals surface area (Å²) in [6, 6.07) is 18.3. The van der Waals surface area contributed by atoms with Crippen molar-refractivity contribution in [2.75, 3.05) is 11.9 Å². The van der Waals surface area contributed by atoms with Gasteiger partial charge in [0.05, 0.1) is 12.1 Å². The van der Waals surface area contributed by atoms with E-state index >= 15 is 0 Å². The summed E-state index contributed by atoms with van der Waals surface area (Å²) in [4.78, 5) is 4.38. The number of nitrogens with one attached hydrogen (secondary N) is 1. The van der Waals surface area contributed by atoms with E-state index in [1.54, 1.807) is 0 Å². The van der Waals surface area contributed by atoms with E-state index in [2.05, 4.69) is 22.4 Å². The van der Waals surface area contributed by atoms with Crippen molar-refractivity contribution in [3.05, 3.63) is 66.4 Å². The Hall–Kier alpha value is -2.55. The van der Waals surface area contributed by atoms with Crippen molar-refractivity contribution >= 4 is 16.6 Å². The van der Waals surface area contributed by atoms with Crippen molar-refractivity contribution in [1.29, 1.82) is 0 Å². The molecule has 0 saturated heterocycles. The van der Waals surface area contributed by atoms with Crippen LogP contribution in [0.4, 0.5) is 5.69 Å². The van der Waals surface area contributed by atoms with Crippen molar-refractivity contribution in [2.45, 2.75) is 13.5 Å². The second-order valence-corrected chi connectivity index (χ2v) is 4.80. The van der Waals surface area contributed by atoms with Gasteiger partial charge in [0.15, 0.2) is 0 Å². The lowest BCUT2D eigenvalue weighted by atomic mass is 10.1. The predicted octanol–water partition coefficient (Wildman–Crippen LogP) is 4.25. The van der Waals surface area contributed by atoms with Gasteiger partial charge < -0.3 is 10.1 Å². The average Bonchev–Trinajstić information content (AvgIpc) is 2.54. The Kier molecular flexibility index (Phi) is 4.01. The summed E-state index contributed by atoms with van der Waals surface area (Å²) in [7, 11) is 0. The quantitative estimate of drug-likeness (QED) is 0.757. The fourth-order valence-corrected chi connectivity index (χ4v) is 2.34. The van der Waals surface area contributed by atoms with Crippen LogP contribution in [0.3, 0.4) is 0 Å². The van der Waals surface area contributed by atoms with Crippen molar-refractivity contribution < 1.29 is 4.74 Å². The van der Waals surface area contributed by atoms with E-state index in [1.165, 1.54) is 10.9 Å². The SMILES string of the molecule is CCOc1ccc(NCc2ccnc3ccccc23)cc1. The molecule has 2 aromatic carbocycles. The first-order valence-electron chi connectivity index (χ1n) is 7.16. The number of benzene rings is 2. The highest BCUT2D eigenvalue weighted by Gasteiger charge is 2.01. The van der Waals surface area contributed by atoms with E-state index < -0.39 is 0 Å². The van der Waals surface area contributed by atoms with Crippen molar-refractivity contribution in [3.8, 4) is 5.75 Å². The van der Waals surface area contributed by atoms with Crippen LogP contribution in [0, 0.1) is 0 Å². The fraction of sp³-hybridized carbons (Fsp3) is 0.167. The molecule has 0 spiro atoms. The van der Waals surface area contributed by atoms with Crippen LogP contribution in [0.1, 0.15) is 12.5 Å². The Labute approximate surface area is 124 Å². The molecule has 3 rings (SSSR count). The molecule has 106 valence electrons. The number of nitrogens with zero attached hydrogens (tertiary/aromatic N) is 1. The highest BCUT2D eigenvalue weighted by Crippen LogP contribution is 2.19. The summed E-state index contributed by atoms with van der Waals surface area (Å²) in [6.07, 6.45) is 1.86. The van der Waals surface area contributed by atoms with Gasteiger partial charge in [0, 0.05) is 23.8 Å². The second kappa shape index (κ2) is 6.27. The lowest BCUT2D eigenvalue weighted by molar-refractivity contribution is 0.340. The molecule has 0 aliphatic rings. The number of anilines is 1. The maximum Gasteiger partial charge on any atom is 0.119 e. The Morgan fingerprint density at radius 2 is 1.81 bits per heavy atom. The number of ether oxygens (including phenoxy) is 1. The van der Waals surface area contributed by atoms with E-state index in [0.717, 1.165) is 23.5 Å². The van der Waals surface area contributed by atoms with Crippen LogP contribution in [0.5, 0.6) is 5.75 Å². The van der Waals surface area contributed by atoms with Gasteiger partial charge in [-0.15, -0.1) is 0 Å². The molecule has 3 heteroatoms. The van der Waals surface area contributed by atoms with Crippen LogP contribution in [0.15, 0.2) is 60.8 Å². The van der Waals surface area contributed by atoms with Crippen molar-refractivity contribution in [1.82, 2.24) is 4.98 Å². The first kappa shape index (κ1) is 13.4. The molecule has 3 nitrogen and oxygen atoms in total. The number of hydrogen-bond donors (Lipinski definition) is 1. The third-order valence-electron chi connectivity index (χ3n) is 3.39. The maximum atomic E-state index is 5.45. The number of rotatable bonds is 5. The number of para-hydroxylation sites is 1. The molecule has 0 saturated carbocycles. The summed E-state index contributed by atoms with van der Waals surface area (Å²) < 4.78 is 5.45. The van der Waals surface area contributed by atoms with Gasteiger partial charge in [-0.3, -0.25) is 4.98 Å². The van der Waals surface area contributed by atoms with Gasteiger partial charge in [-0.05, 0) is 48.9 Å². The van der Waals surface area contributed by atoms with Crippen LogP contribution in [0.25, 0.3) is 10.9 Å². The van der Waals surface area contributed by atoms with E-state index in [4.69, 9.17) is 4.74 Å². The van der Waals surface area contributed by atoms with E-state index in [-0.39, 0.29) is 0 Å². The van der Waals surface area contributed by atoms with E-state index in [0.29, 0.717) is 6.61 Å². The van der Waals surface area contributed by atoms with Crippen LogP contribution >= 0.6 is 0 Å². The molecule has 3 aromatic rings. The van der Waals surface area contributed by atoms with Crippen LogP contribution in [0.2, 0.25) is 0 Å². The third-order valence-corrected chi connectivity index (χ3v) is 3.39. The molecule has 1 aromatic heterocycles. The molecular formula is C18H18N2O. The summed E-state index contributed by atoms with van der Waals surface area (Å²) in [5.41, 5.74) is 3.36. The zero-order valence-electron chi connectivity index (χ0n) is 12.0. The molecular weight excluding hydrogens is 260 g/mol. The van der Waals surface area contributed by atoms with Gasteiger partial charge in [-0.25, -0.2) is 0 Å². The molecule has 0 amide bonds. The Morgan fingerprint density at radius 3 is 2.62 bits per heavy atom. The second-order valence-electron chi connectivity index (χ2n) is 4.80. The van der Waals surface area contributed by atoms with Gasteiger partial charge in [-0.2, -0.15) is 0 Å². The van der Waals surface area contributed by atoms with Crippen LogP contribution in [-0.2, 0) is 6.54 Å². The van der Waals surface area contributed by atoms with Crippen LogP contribution < -0.4 is 10.1 Å². The molecule has 21 heavy (non-hydrogen) atoms. The van der Waals surface area contributed by atoms with Crippen LogP contribution in [-0.4, -0.2) is 11.6 Å². The monoisotopic (exact) mass is 278 g/mol. The summed E-state index contributed by atoms with van der Waals surface area (Å²) >= 11 is 0. The summed E-state index contributed by atoms with van der Waals surface area (Å²) in [5.74, 6) is 0.900. The normalized spacial score (nSPS) is 10.5. The highest BCUT2D eigenvalue weighted by atomic mass is 16.5.